The number of piperidine rings is 1. The lowest BCUT2D eigenvalue weighted by molar-refractivity contribution is -0.138. The Labute approximate surface area is 174 Å². The molecule has 3 rings (SSSR count). The van der Waals surface area contributed by atoms with Crippen molar-refractivity contribution >= 4 is 11.9 Å². The lowest BCUT2D eigenvalue weighted by Crippen LogP contribution is -2.57. The van der Waals surface area contributed by atoms with Gasteiger partial charge >= 0.3 is 5.97 Å². The molecule has 6 nitrogen and oxygen atoms in total. The number of likely N-dealkylation sites (tertiary alicyclic amines) is 1. The van der Waals surface area contributed by atoms with Crippen molar-refractivity contribution in [2.24, 2.45) is 5.92 Å². The van der Waals surface area contributed by atoms with Gasteiger partial charge in [-0.3, -0.25) is 14.5 Å². The maximum absolute atomic E-state index is 12.9. The van der Waals surface area contributed by atoms with Gasteiger partial charge in [0.1, 0.15) is 0 Å². The van der Waals surface area contributed by atoms with Crippen LogP contribution in [0.15, 0.2) is 24.3 Å². The van der Waals surface area contributed by atoms with Gasteiger partial charge in [-0.05, 0) is 50.3 Å². The van der Waals surface area contributed by atoms with Crippen molar-refractivity contribution in [3.05, 3.63) is 35.4 Å². The van der Waals surface area contributed by atoms with Gasteiger partial charge in [-0.25, -0.2) is 0 Å². The molecular weight excluding hydrogens is 366 g/mol. The number of aryl methyl sites for hydroxylation is 2. The van der Waals surface area contributed by atoms with E-state index in [1.54, 1.807) is 0 Å². The van der Waals surface area contributed by atoms with Crippen LogP contribution in [0.4, 0.5) is 0 Å². The van der Waals surface area contributed by atoms with Crippen LogP contribution in [0, 0.1) is 12.8 Å². The highest BCUT2D eigenvalue weighted by Gasteiger charge is 2.35. The normalized spacial score (nSPS) is 23.9. The second kappa shape index (κ2) is 10.2. The molecule has 1 aromatic rings. The van der Waals surface area contributed by atoms with Crippen LogP contribution >= 0.6 is 0 Å². The maximum Gasteiger partial charge on any atom is 0.303 e. The van der Waals surface area contributed by atoms with E-state index in [9.17, 15) is 14.7 Å². The molecule has 0 saturated carbocycles. The summed E-state index contributed by atoms with van der Waals surface area (Å²) in [4.78, 5) is 30.9. The number of likely N-dealkylation sites (N-methyl/N-ethyl adjacent to an activating group) is 1. The number of amides is 1. The lowest BCUT2D eigenvalue weighted by Gasteiger charge is -2.46. The molecule has 0 spiro atoms. The van der Waals surface area contributed by atoms with Gasteiger partial charge in [0, 0.05) is 58.2 Å². The molecule has 160 valence electrons. The van der Waals surface area contributed by atoms with Gasteiger partial charge in [-0.15, -0.1) is 0 Å². The first-order valence-corrected chi connectivity index (χ1v) is 10.9. The van der Waals surface area contributed by atoms with Crippen molar-refractivity contribution in [1.29, 1.82) is 0 Å². The number of benzene rings is 1. The third-order valence-corrected chi connectivity index (χ3v) is 6.65. The third-order valence-electron chi connectivity index (χ3n) is 6.65. The largest absolute Gasteiger partial charge is 0.481 e. The predicted molar refractivity (Wildman–Crippen MR) is 114 cm³/mol. The van der Waals surface area contributed by atoms with Gasteiger partial charge in [0.2, 0.25) is 5.91 Å². The Morgan fingerprint density at radius 3 is 2.48 bits per heavy atom. The lowest BCUT2D eigenvalue weighted by atomic mass is 9.86. The Bertz CT molecular complexity index is 700. The Morgan fingerprint density at radius 1 is 1.07 bits per heavy atom. The number of carbonyl (C=O) groups excluding carboxylic acids is 1. The highest BCUT2D eigenvalue weighted by molar-refractivity contribution is 5.76. The fourth-order valence-electron chi connectivity index (χ4n) is 4.76. The highest BCUT2D eigenvalue weighted by Crippen LogP contribution is 2.28. The zero-order chi connectivity index (χ0) is 20.8. The summed E-state index contributed by atoms with van der Waals surface area (Å²) in [5.41, 5.74) is 2.46. The summed E-state index contributed by atoms with van der Waals surface area (Å²) in [6.07, 6.45) is 3.07. The van der Waals surface area contributed by atoms with Crippen LogP contribution in [-0.4, -0.2) is 84.0 Å². The summed E-state index contributed by atoms with van der Waals surface area (Å²) >= 11 is 0. The molecule has 1 N–H and O–H groups in total. The summed E-state index contributed by atoms with van der Waals surface area (Å²) in [6, 6.07) is 8.62. The fourth-order valence-corrected chi connectivity index (χ4v) is 4.76. The Morgan fingerprint density at radius 2 is 1.79 bits per heavy atom. The molecule has 2 aliphatic rings. The molecule has 2 heterocycles. The van der Waals surface area contributed by atoms with E-state index < -0.39 is 5.97 Å². The standard InChI is InChI=1S/C23H35N3O3/c1-18-5-3-4-6-19(18)7-9-22(27)26-12-11-21(20(17-26)8-10-23(28)29)25-15-13-24(2)14-16-25/h3-6,20-21H,7-17H2,1-2H3,(H,28,29)/t20-,21+/m0/s1. The molecule has 6 heteroatoms. The van der Waals surface area contributed by atoms with E-state index in [4.69, 9.17) is 0 Å². The maximum atomic E-state index is 12.9. The van der Waals surface area contributed by atoms with Crippen molar-refractivity contribution in [3.8, 4) is 0 Å². The molecule has 1 aromatic carbocycles. The molecule has 0 bridgehead atoms. The highest BCUT2D eigenvalue weighted by atomic mass is 16.4. The fraction of sp³-hybridized carbons (Fsp3) is 0.652. The molecule has 29 heavy (non-hydrogen) atoms. The summed E-state index contributed by atoms with van der Waals surface area (Å²) in [5, 5.41) is 9.19. The quantitative estimate of drug-likeness (QED) is 0.759. The molecule has 2 fully saturated rings. The predicted octanol–water partition coefficient (Wildman–Crippen LogP) is 2.26. The minimum Gasteiger partial charge on any atom is -0.481 e. The SMILES string of the molecule is Cc1ccccc1CCC(=O)N1CC[C@@H](N2CCN(C)CC2)[C@@H](CCC(=O)O)C1. The van der Waals surface area contributed by atoms with E-state index in [1.807, 2.05) is 17.0 Å². The number of aliphatic carboxylic acids is 1. The third kappa shape index (κ3) is 6.03. The molecule has 0 unspecified atom stereocenters. The smallest absolute Gasteiger partial charge is 0.303 e. The Kier molecular flexibility index (Phi) is 7.67. The summed E-state index contributed by atoms with van der Waals surface area (Å²) < 4.78 is 0. The topological polar surface area (TPSA) is 64.1 Å². The number of piperazine rings is 1. The van der Waals surface area contributed by atoms with E-state index in [1.165, 1.54) is 11.1 Å². The van der Waals surface area contributed by atoms with Crippen LogP contribution in [0.25, 0.3) is 0 Å². The van der Waals surface area contributed by atoms with Crippen LogP contribution < -0.4 is 0 Å². The van der Waals surface area contributed by atoms with Crippen molar-refractivity contribution < 1.29 is 14.7 Å². The van der Waals surface area contributed by atoms with Gasteiger partial charge in [-0.2, -0.15) is 0 Å². The van der Waals surface area contributed by atoms with Crippen LogP contribution in [-0.2, 0) is 16.0 Å². The number of carbonyl (C=O) groups is 2. The van der Waals surface area contributed by atoms with Crippen LogP contribution in [0.3, 0.4) is 0 Å². The van der Waals surface area contributed by atoms with E-state index in [0.29, 0.717) is 25.4 Å². The van der Waals surface area contributed by atoms with Crippen molar-refractivity contribution in [1.82, 2.24) is 14.7 Å². The molecule has 2 saturated heterocycles. The van der Waals surface area contributed by atoms with Crippen molar-refractivity contribution in [3.63, 3.8) is 0 Å². The number of hydrogen-bond acceptors (Lipinski definition) is 4. The number of rotatable bonds is 7. The van der Waals surface area contributed by atoms with Gasteiger partial charge in [0.05, 0.1) is 0 Å². The number of hydrogen-bond donors (Lipinski definition) is 1. The molecule has 0 aromatic heterocycles. The van der Waals surface area contributed by atoms with Gasteiger partial charge in [-0.1, -0.05) is 24.3 Å². The number of carboxylic acids is 1. The van der Waals surface area contributed by atoms with E-state index in [2.05, 4.69) is 35.9 Å². The van der Waals surface area contributed by atoms with Gasteiger partial charge in [0.25, 0.3) is 0 Å². The van der Waals surface area contributed by atoms with E-state index in [0.717, 1.165) is 45.6 Å². The summed E-state index contributed by atoms with van der Waals surface area (Å²) in [5.74, 6) is -0.304. The zero-order valence-electron chi connectivity index (χ0n) is 17.8. The van der Waals surface area contributed by atoms with Gasteiger partial charge in [0.15, 0.2) is 0 Å². The Balaban J connectivity index is 1.59. The Hall–Kier alpha value is -1.92. The average Bonchev–Trinajstić information content (AvgIpc) is 2.72. The number of carboxylic acid groups (broad SMARTS) is 1. The molecule has 2 atom stereocenters. The molecule has 0 radical (unpaired) electrons. The minimum absolute atomic E-state index is 0.181. The second-order valence-corrected chi connectivity index (χ2v) is 8.65. The van der Waals surface area contributed by atoms with Crippen molar-refractivity contribution in [2.75, 3.05) is 46.3 Å². The summed E-state index contributed by atoms with van der Waals surface area (Å²) in [7, 11) is 2.15. The monoisotopic (exact) mass is 401 g/mol. The molecule has 0 aliphatic carbocycles. The van der Waals surface area contributed by atoms with Crippen LogP contribution in [0.5, 0.6) is 0 Å². The molecule has 2 aliphatic heterocycles. The summed E-state index contributed by atoms with van der Waals surface area (Å²) in [6.45, 7) is 7.74. The first kappa shape index (κ1) is 21.8. The molecule has 1 amide bonds. The molecular formula is C23H35N3O3. The van der Waals surface area contributed by atoms with Crippen LogP contribution in [0.2, 0.25) is 0 Å². The average molecular weight is 402 g/mol. The minimum atomic E-state index is -0.745. The second-order valence-electron chi connectivity index (χ2n) is 8.65. The zero-order valence-corrected chi connectivity index (χ0v) is 17.8. The number of nitrogens with zero attached hydrogens (tertiary/aromatic N) is 3. The van der Waals surface area contributed by atoms with E-state index >= 15 is 0 Å². The van der Waals surface area contributed by atoms with Crippen molar-refractivity contribution in [2.45, 2.75) is 45.1 Å². The van der Waals surface area contributed by atoms with Crippen LogP contribution in [0.1, 0.15) is 36.8 Å². The first-order valence-electron chi connectivity index (χ1n) is 10.9. The van der Waals surface area contributed by atoms with E-state index in [-0.39, 0.29) is 18.2 Å². The first-order chi connectivity index (χ1) is 13.9. The van der Waals surface area contributed by atoms with Gasteiger partial charge < -0.3 is 14.9 Å².